The molecule has 0 fully saturated rings. The molecule has 1 amide bonds. The van der Waals surface area contributed by atoms with Crippen molar-refractivity contribution in [3.8, 4) is 0 Å². The number of aromatic nitrogens is 2. The predicted octanol–water partition coefficient (Wildman–Crippen LogP) is 1.43. The molecule has 3 N–H and O–H groups in total. The summed E-state index contributed by atoms with van der Waals surface area (Å²) in [5.74, 6) is 0. The van der Waals surface area contributed by atoms with Crippen LogP contribution in [0.15, 0.2) is 12.5 Å². The van der Waals surface area contributed by atoms with E-state index in [1.165, 1.54) is 0 Å². The number of nitrogens with zero attached hydrogens (tertiary/aromatic N) is 2. The maximum Gasteiger partial charge on any atom is 0.407 e. The Labute approximate surface area is 108 Å². The fourth-order valence-electron chi connectivity index (χ4n) is 1.52. The van der Waals surface area contributed by atoms with Crippen LogP contribution in [0.4, 0.5) is 4.79 Å². The van der Waals surface area contributed by atoms with Gasteiger partial charge in [-0.15, -0.1) is 0 Å². The van der Waals surface area contributed by atoms with Gasteiger partial charge in [-0.25, -0.2) is 9.78 Å². The largest absolute Gasteiger partial charge is 0.444 e. The molecule has 6 nitrogen and oxygen atoms in total. The van der Waals surface area contributed by atoms with E-state index in [4.69, 9.17) is 10.5 Å². The van der Waals surface area contributed by atoms with Gasteiger partial charge in [0, 0.05) is 19.3 Å². The van der Waals surface area contributed by atoms with Crippen LogP contribution in [-0.2, 0) is 11.3 Å². The molecule has 0 spiro atoms. The van der Waals surface area contributed by atoms with Crippen molar-refractivity contribution in [2.45, 2.75) is 45.9 Å². The molecule has 0 aliphatic carbocycles. The highest BCUT2D eigenvalue weighted by Crippen LogP contribution is 2.10. The Morgan fingerprint density at radius 1 is 1.61 bits per heavy atom. The summed E-state index contributed by atoms with van der Waals surface area (Å²) in [4.78, 5) is 15.5. The van der Waals surface area contributed by atoms with Gasteiger partial charge in [0.05, 0.1) is 18.1 Å². The molecule has 1 unspecified atom stereocenters. The minimum atomic E-state index is -0.501. The van der Waals surface area contributed by atoms with Crippen LogP contribution in [0.3, 0.4) is 0 Å². The molecular weight excluding hydrogens is 232 g/mol. The number of carbonyl (C=O) groups is 1. The summed E-state index contributed by atoms with van der Waals surface area (Å²) in [6.45, 7) is 8.59. The van der Waals surface area contributed by atoms with Crippen LogP contribution in [0.5, 0.6) is 0 Å². The second kappa shape index (κ2) is 5.86. The topological polar surface area (TPSA) is 82.2 Å². The van der Waals surface area contributed by atoms with Gasteiger partial charge in [0.15, 0.2) is 0 Å². The second-order valence-electron chi connectivity index (χ2n) is 5.09. The van der Waals surface area contributed by atoms with Crippen molar-refractivity contribution in [3.63, 3.8) is 0 Å². The van der Waals surface area contributed by atoms with Gasteiger partial charge in [-0.3, -0.25) is 0 Å². The molecule has 0 aliphatic heterocycles. The van der Waals surface area contributed by atoms with Crippen molar-refractivity contribution in [1.29, 1.82) is 0 Å². The molecule has 1 atom stereocenters. The van der Waals surface area contributed by atoms with Crippen LogP contribution in [0.1, 0.15) is 39.4 Å². The van der Waals surface area contributed by atoms with Crippen molar-refractivity contribution >= 4 is 6.09 Å². The van der Waals surface area contributed by atoms with E-state index in [2.05, 4.69) is 10.3 Å². The summed E-state index contributed by atoms with van der Waals surface area (Å²) >= 11 is 0. The molecule has 0 aromatic carbocycles. The Morgan fingerprint density at radius 3 is 2.83 bits per heavy atom. The third kappa shape index (κ3) is 4.37. The Morgan fingerprint density at radius 2 is 2.28 bits per heavy atom. The molecule has 0 saturated carbocycles. The average molecular weight is 254 g/mol. The molecule has 102 valence electrons. The normalized spacial score (nSPS) is 13.2. The summed E-state index contributed by atoms with van der Waals surface area (Å²) in [7, 11) is 0. The molecular formula is C12H22N4O2. The summed E-state index contributed by atoms with van der Waals surface area (Å²) in [6.07, 6.45) is 2.98. The third-order valence-corrected chi connectivity index (χ3v) is 2.33. The first kappa shape index (κ1) is 14.5. The maximum atomic E-state index is 11.5. The number of imidazole rings is 1. The number of hydrogen-bond donors (Lipinski definition) is 2. The minimum absolute atomic E-state index is 0.292. The lowest BCUT2D eigenvalue weighted by Crippen LogP contribution is -2.37. The summed E-state index contributed by atoms with van der Waals surface area (Å²) < 4.78 is 7.08. The van der Waals surface area contributed by atoms with Crippen molar-refractivity contribution < 1.29 is 9.53 Å². The SMILES string of the molecule is CCn1cncc1C(N)CNC(=O)OC(C)(C)C. The quantitative estimate of drug-likeness (QED) is 0.851. The smallest absolute Gasteiger partial charge is 0.407 e. The zero-order valence-electron chi connectivity index (χ0n) is 11.4. The highest BCUT2D eigenvalue weighted by atomic mass is 16.6. The number of ether oxygens (including phenoxy) is 1. The number of rotatable bonds is 4. The molecule has 0 aliphatic rings. The fourth-order valence-corrected chi connectivity index (χ4v) is 1.52. The van der Waals surface area contributed by atoms with E-state index in [1.807, 2.05) is 32.3 Å². The zero-order chi connectivity index (χ0) is 13.8. The van der Waals surface area contributed by atoms with Gasteiger partial charge in [-0.2, -0.15) is 0 Å². The lowest BCUT2D eigenvalue weighted by molar-refractivity contribution is 0.0524. The predicted molar refractivity (Wildman–Crippen MR) is 69.1 cm³/mol. The lowest BCUT2D eigenvalue weighted by Gasteiger charge is -2.21. The van der Waals surface area contributed by atoms with Gasteiger partial charge in [0.1, 0.15) is 5.60 Å². The summed E-state index contributed by atoms with van der Waals surface area (Å²) in [5, 5.41) is 2.65. The second-order valence-corrected chi connectivity index (χ2v) is 5.09. The minimum Gasteiger partial charge on any atom is -0.444 e. The van der Waals surface area contributed by atoms with E-state index >= 15 is 0 Å². The Balaban J connectivity index is 2.47. The average Bonchev–Trinajstić information content (AvgIpc) is 2.71. The van der Waals surface area contributed by atoms with E-state index in [0.29, 0.717) is 6.54 Å². The molecule has 0 bridgehead atoms. The maximum absolute atomic E-state index is 11.5. The molecule has 18 heavy (non-hydrogen) atoms. The lowest BCUT2D eigenvalue weighted by atomic mass is 10.2. The summed E-state index contributed by atoms with van der Waals surface area (Å²) in [5.41, 5.74) is 6.39. The molecule has 6 heteroatoms. The molecule has 1 aromatic heterocycles. The van der Waals surface area contributed by atoms with E-state index < -0.39 is 11.7 Å². The van der Waals surface area contributed by atoms with Crippen LogP contribution >= 0.6 is 0 Å². The van der Waals surface area contributed by atoms with E-state index in [-0.39, 0.29) is 6.04 Å². The Kier molecular flexibility index (Phi) is 4.72. The number of alkyl carbamates (subject to hydrolysis) is 1. The standard InChI is InChI=1S/C12H22N4O2/c1-5-16-8-14-7-10(16)9(13)6-15-11(17)18-12(2,3)4/h7-9H,5-6,13H2,1-4H3,(H,15,17). The van der Waals surface area contributed by atoms with Crippen LogP contribution in [-0.4, -0.2) is 27.8 Å². The van der Waals surface area contributed by atoms with Gasteiger partial charge in [-0.1, -0.05) is 0 Å². The number of amides is 1. The van der Waals surface area contributed by atoms with E-state index in [9.17, 15) is 4.79 Å². The van der Waals surface area contributed by atoms with E-state index in [1.54, 1.807) is 12.5 Å². The highest BCUT2D eigenvalue weighted by molar-refractivity contribution is 5.67. The number of carbonyl (C=O) groups excluding carboxylic acids is 1. The van der Waals surface area contributed by atoms with Crippen molar-refractivity contribution in [3.05, 3.63) is 18.2 Å². The van der Waals surface area contributed by atoms with Crippen LogP contribution in [0.2, 0.25) is 0 Å². The van der Waals surface area contributed by atoms with Gasteiger partial charge >= 0.3 is 6.09 Å². The number of nitrogens with one attached hydrogen (secondary N) is 1. The zero-order valence-corrected chi connectivity index (χ0v) is 11.4. The number of hydrogen-bond acceptors (Lipinski definition) is 4. The molecule has 1 aromatic rings. The molecule has 1 rings (SSSR count). The number of nitrogens with two attached hydrogens (primary N) is 1. The molecule has 1 heterocycles. The van der Waals surface area contributed by atoms with Crippen LogP contribution in [0, 0.1) is 0 Å². The van der Waals surface area contributed by atoms with E-state index in [0.717, 1.165) is 12.2 Å². The first-order chi connectivity index (χ1) is 8.33. The van der Waals surface area contributed by atoms with Gasteiger partial charge < -0.3 is 20.4 Å². The Hall–Kier alpha value is -1.56. The summed E-state index contributed by atoms with van der Waals surface area (Å²) in [6, 6.07) is -0.292. The van der Waals surface area contributed by atoms with Crippen LogP contribution < -0.4 is 11.1 Å². The monoisotopic (exact) mass is 254 g/mol. The van der Waals surface area contributed by atoms with Gasteiger partial charge in [0.2, 0.25) is 0 Å². The first-order valence-corrected chi connectivity index (χ1v) is 6.06. The third-order valence-electron chi connectivity index (χ3n) is 2.33. The molecule has 0 radical (unpaired) electrons. The number of aryl methyl sites for hydroxylation is 1. The van der Waals surface area contributed by atoms with Crippen molar-refractivity contribution in [1.82, 2.24) is 14.9 Å². The van der Waals surface area contributed by atoms with Crippen molar-refractivity contribution in [2.24, 2.45) is 5.73 Å². The van der Waals surface area contributed by atoms with Gasteiger partial charge in [0.25, 0.3) is 0 Å². The van der Waals surface area contributed by atoms with Gasteiger partial charge in [-0.05, 0) is 27.7 Å². The molecule has 0 saturated heterocycles. The van der Waals surface area contributed by atoms with Crippen LogP contribution in [0.25, 0.3) is 0 Å². The Bertz CT molecular complexity index is 395. The van der Waals surface area contributed by atoms with Crippen molar-refractivity contribution in [2.75, 3.05) is 6.54 Å². The highest BCUT2D eigenvalue weighted by Gasteiger charge is 2.17. The first-order valence-electron chi connectivity index (χ1n) is 6.06. The fraction of sp³-hybridized carbons (Fsp3) is 0.667.